The molecule has 0 spiro atoms. The maximum Gasteiger partial charge on any atom is 0.472 e. The molecule has 0 aliphatic rings. The van der Waals surface area contributed by atoms with E-state index >= 15 is 0 Å². The number of aliphatic hydroxyl groups is 1. The van der Waals surface area contributed by atoms with Gasteiger partial charge in [-0.1, -0.05) is 218 Å². The third-order valence-corrected chi connectivity index (χ3v) is 12.4. The molecule has 0 saturated heterocycles. The van der Waals surface area contributed by atoms with E-state index in [4.69, 9.17) is 13.8 Å². The molecule has 4 N–H and O–H groups in total. The lowest BCUT2D eigenvalue weighted by Crippen LogP contribution is -2.43. The minimum Gasteiger partial charge on any atom is -0.480 e. The van der Waals surface area contributed by atoms with Crippen molar-refractivity contribution in [3.8, 4) is 0 Å². The first-order valence-corrected chi connectivity index (χ1v) is 27.4. The molecule has 0 radical (unpaired) electrons. The lowest BCUT2D eigenvalue weighted by atomic mass is 10.0. The van der Waals surface area contributed by atoms with Crippen molar-refractivity contribution in [2.24, 2.45) is 0 Å². The molecule has 63 heavy (non-hydrogen) atoms. The molecule has 3 atom stereocenters. The number of carboxylic acid groups (broad SMARTS) is 1. The van der Waals surface area contributed by atoms with Gasteiger partial charge in [0.15, 0.2) is 6.04 Å². The van der Waals surface area contributed by atoms with Gasteiger partial charge in [-0.15, -0.1) is 0 Å². The summed E-state index contributed by atoms with van der Waals surface area (Å²) in [7, 11) is -4.76. The molecule has 1 amide bonds. The minimum absolute atomic E-state index is 0.131. The number of hydrogen-bond donors (Lipinski definition) is 4. The van der Waals surface area contributed by atoms with Crippen LogP contribution in [0.4, 0.5) is 0 Å². The smallest absolute Gasteiger partial charge is 0.472 e. The number of phosphoric ester groups is 1. The van der Waals surface area contributed by atoms with Gasteiger partial charge < -0.3 is 25.2 Å². The number of ether oxygens (including phenoxy) is 1. The SMILES string of the molecule is CCCCCC/C=C\C/C=C\CCCCCCCC(=O)NC(COP(=O)(O)OCC(O)COC(=O)CCCCCCCCCCCCCCCCCCCCCCCCC)C(=O)O. The zero-order valence-corrected chi connectivity index (χ0v) is 41.3. The molecule has 0 aliphatic heterocycles. The fourth-order valence-electron chi connectivity index (χ4n) is 7.47. The first-order chi connectivity index (χ1) is 30.6. The van der Waals surface area contributed by atoms with Gasteiger partial charge in [-0.2, -0.15) is 0 Å². The Morgan fingerprint density at radius 3 is 1.30 bits per heavy atom. The Labute approximate surface area is 385 Å². The molecule has 0 saturated carbocycles. The van der Waals surface area contributed by atoms with E-state index in [9.17, 15) is 34.1 Å². The van der Waals surface area contributed by atoms with Gasteiger partial charge in [-0.05, 0) is 44.9 Å². The van der Waals surface area contributed by atoms with E-state index in [1.165, 1.54) is 148 Å². The largest absolute Gasteiger partial charge is 0.480 e. The number of rotatable bonds is 49. The van der Waals surface area contributed by atoms with Gasteiger partial charge in [0.1, 0.15) is 12.7 Å². The molecule has 0 heterocycles. The summed E-state index contributed by atoms with van der Waals surface area (Å²) < 4.78 is 26.9. The third kappa shape index (κ3) is 46.3. The van der Waals surface area contributed by atoms with Gasteiger partial charge in [0, 0.05) is 12.8 Å². The van der Waals surface area contributed by atoms with Crippen LogP contribution in [0.2, 0.25) is 0 Å². The highest BCUT2D eigenvalue weighted by molar-refractivity contribution is 7.47. The van der Waals surface area contributed by atoms with Crippen molar-refractivity contribution in [1.29, 1.82) is 0 Å². The standard InChI is InChI=1S/C51H96NO10P/c1-3-5-7-9-11-13-15-17-19-21-22-23-24-25-26-27-29-31-33-35-37-39-41-43-50(55)60-44-47(53)45-61-63(58,59)62-46-48(51(56)57)52-49(54)42-40-38-36-34-32-30-28-20-18-16-14-12-10-8-6-4-2/h14,16,20,28,47-48,53H,3-13,15,17-19,21-27,29-46H2,1-2H3,(H,52,54)(H,56,57)(H,58,59)/b16-14-,28-20-. The van der Waals surface area contributed by atoms with Gasteiger partial charge in [-0.25, -0.2) is 9.36 Å². The fraction of sp³-hybridized carbons (Fsp3) is 0.863. The molecule has 11 nitrogen and oxygen atoms in total. The van der Waals surface area contributed by atoms with E-state index in [2.05, 4.69) is 43.5 Å². The van der Waals surface area contributed by atoms with Crippen molar-refractivity contribution in [3.63, 3.8) is 0 Å². The van der Waals surface area contributed by atoms with Gasteiger partial charge in [-0.3, -0.25) is 18.6 Å². The van der Waals surface area contributed by atoms with Crippen LogP contribution in [0, 0.1) is 0 Å². The summed E-state index contributed by atoms with van der Waals surface area (Å²) >= 11 is 0. The van der Waals surface area contributed by atoms with Gasteiger partial charge in [0.25, 0.3) is 0 Å². The van der Waals surface area contributed by atoms with E-state index < -0.39 is 57.6 Å². The van der Waals surface area contributed by atoms with Crippen LogP contribution in [0.25, 0.3) is 0 Å². The maximum absolute atomic E-state index is 12.3. The van der Waals surface area contributed by atoms with E-state index in [-0.39, 0.29) is 12.8 Å². The number of unbranched alkanes of at least 4 members (excludes halogenated alkanes) is 31. The summed E-state index contributed by atoms with van der Waals surface area (Å²) in [4.78, 5) is 46.1. The van der Waals surface area contributed by atoms with Crippen LogP contribution in [-0.2, 0) is 32.7 Å². The normalized spacial score (nSPS) is 13.7. The molecule has 0 aromatic heterocycles. The second-order valence-corrected chi connectivity index (χ2v) is 19.2. The molecule has 3 unspecified atom stereocenters. The second kappa shape index (κ2) is 46.5. The number of nitrogens with one attached hydrogen (secondary N) is 1. The summed E-state index contributed by atoms with van der Waals surface area (Å²) in [6.07, 6.45) is 50.6. The molecule has 0 fully saturated rings. The van der Waals surface area contributed by atoms with Crippen LogP contribution in [0.5, 0.6) is 0 Å². The van der Waals surface area contributed by atoms with Crippen LogP contribution in [-0.4, -0.2) is 64.9 Å². The molecule has 0 bridgehead atoms. The van der Waals surface area contributed by atoms with Crippen molar-refractivity contribution in [1.82, 2.24) is 5.32 Å². The average molecular weight is 914 g/mol. The van der Waals surface area contributed by atoms with E-state index in [1.54, 1.807) is 0 Å². The Hall–Kier alpha value is -2.04. The van der Waals surface area contributed by atoms with Crippen LogP contribution in [0.15, 0.2) is 24.3 Å². The molecule has 0 aromatic rings. The summed E-state index contributed by atoms with van der Waals surface area (Å²) in [6, 6.07) is -1.55. The number of carbonyl (C=O) groups excluding carboxylic acids is 2. The Kier molecular flexibility index (Phi) is 45.0. The number of carboxylic acids is 1. The van der Waals surface area contributed by atoms with Gasteiger partial charge >= 0.3 is 19.8 Å². The second-order valence-electron chi connectivity index (χ2n) is 17.7. The summed E-state index contributed by atoms with van der Waals surface area (Å²) in [5.74, 6) is -2.38. The number of amides is 1. The summed E-state index contributed by atoms with van der Waals surface area (Å²) in [6.45, 7) is 2.61. The highest BCUT2D eigenvalue weighted by Crippen LogP contribution is 2.43. The highest BCUT2D eigenvalue weighted by Gasteiger charge is 2.28. The number of allylic oxidation sites excluding steroid dienone is 4. The number of phosphoric acid groups is 1. The average Bonchev–Trinajstić information content (AvgIpc) is 3.26. The number of carbonyl (C=O) groups is 3. The summed E-state index contributed by atoms with van der Waals surface area (Å²) in [5.41, 5.74) is 0. The third-order valence-electron chi connectivity index (χ3n) is 11.5. The van der Waals surface area contributed by atoms with Crippen molar-refractivity contribution in [2.45, 2.75) is 264 Å². The van der Waals surface area contributed by atoms with Crippen LogP contribution >= 0.6 is 7.82 Å². The monoisotopic (exact) mass is 914 g/mol. The molecule has 0 aliphatic carbocycles. The molecule has 12 heteroatoms. The first-order valence-electron chi connectivity index (χ1n) is 25.9. The Morgan fingerprint density at radius 2 is 0.873 bits per heavy atom. The Bertz CT molecular complexity index is 1160. The topological polar surface area (TPSA) is 169 Å². The number of esters is 1. The molecular formula is C51H96NO10P. The fourth-order valence-corrected chi connectivity index (χ4v) is 8.24. The van der Waals surface area contributed by atoms with Crippen molar-refractivity contribution in [3.05, 3.63) is 24.3 Å². The van der Waals surface area contributed by atoms with Crippen molar-refractivity contribution >= 4 is 25.7 Å². The van der Waals surface area contributed by atoms with E-state index in [1.807, 2.05) is 0 Å². The van der Waals surface area contributed by atoms with E-state index in [0.29, 0.717) is 12.8 Å². The number of aliphatic carboxylic acids is 1. The van der Waals surface area contributed by atoms with Crippen molar-refractivity contribution in [2.75, 3.05) is 19.8 Å². The van der Waals surface area contributed by atoms with Crippen LogP contribution in [0.3, 0.4) is 0 Å². The van der Waals surface area contributed by atoms with E-state index in [0.717, 1.165) is 64.2 Å². The lowest BCUT2D eigenvalue weighted by molar-refractivity contribution is -0.147. The summed E-state index contributed by atoms with van der Waals surface area (Å²) in [5, 5.41) is 21.9. The zero-order chi connectivity index (χ0) is 46.3. The van der Waals surface area contributed by atoms with Crippen LogP contribution in [0.1, 0.15) is 251 Å². The van der Waals surface area contributed by atoms with Gasteiger partial charge in [0.05, 0.1) is 13.2 Å². The van der Waals surface area contributed by atoms with Gasteiger partial charge in [0.2, 0.25) is 5.91 Å². The maximum atomic E-state index is 12.3. The molecule has 0 aromatic carbocycles. The Morgan fingerprint density at radius 1 is 0.508 bits per heavy atom. The molecule has 370 valence electrons. The minimum atomic E-state index is -4.76. The molecule has 0 rings (SSSR count). The number of hydrogen-bond acceptors (Lipinski definition) is 8. The predicted octanol–water partition coefficient (Wildman–Crippen LogP) is 14.2. The number of aliphatic hydroxyl groups excluding tert-OH is 1. The zero-order valence-electron chi connectivity index (χ0n) is 40.4. The lowest BCUT2D eigenvalue weighted by Gasteiger charge is -2.18. The molecular weight excluding hydrogens is 818 g/mol. The van der Waals surface area contributed by atoms with Crippen molar-refractivity contribution < 1.29 is 47.8 Å². The van der Waals surface area contributed by atoms with Crippen LogP contribution < -0.4 is 5.32 Å². The Balaban J connectivity index is 3.78. The quantitative estimate of drug-likeness (QED) is 0.0199. The first kappa shape index (κ1) is 61.0. The predicted molar refractivity (Wildman–Crippen MR) is 259 cm³/mol. The highest BCUT2D eigenvalue weighted by atomic mass is 31.2.